The predicted molar refractivity (Wildman–Crippen MR) is 75.3 cm³/mol. The molecule has 2 aliphatic rings. The molecule has 1 aromatic rings. The van der Waals surface area contributed by atoms with Crippen LogP contribution in [0.5, 0.6) is 5.75 Å². The molecular weight excluding hydrogens is 257 g/mol. The molecule has 4 heteroatoms. The van der Waals surface area contributed by atoms with E-state index in [0.29, 0.717) is 17.7 Å². The van der Waals surface area contributed by atoms with Crippen LogP contribution in [0.25, 0.3) is 0 Å². The normalized spacial score (nSPS) is 30.6. The number of aliphatic hydroxyl groups excluding tert-OH is 1. The minimum atomic E-state index is -0.623. The van der Waals surface area contributed by atoms with Crippen molar-refractivity contribution in [3.63, 3.8) is 0 Å². The molecule has 0 saturated carbocycles. The van der Waals surface area contributed by atoms with Crippen molar-refractivity contribution in [3.8, 4) is 5.75 Å². The maximum absolute atomic E-state index is 13.3. The summed E-state index contributed by atoms with van der Waals surface area (Å²) in [6.07, 6.45) is 2.91. The molecule has 1 unspecified atom stereocenters. The average molecular weight is 279 g/mol. The van der Waals surface area contributed by atoms with Gasteiger partial charge in [0.25, 0.3) is 0 Å². The molecular formula is C16H22FNO2. The Morgan fingerprint density at radius 2 is 2.25 bits per heavy atom. The largest absolute Gasteiger partial charge is 0.487 e. The summed E-state index contributed by atoms with van der Waals surface area (Å²) < 4.78 is 19.5. The molecule has 0 aromatic heterocycles. The van der Waals surface area contributed by atoms with Gasteiger partial charge in [0.2, 0.25) is 0 Å². The van der Waals surface area contributed by atoms with Crippen molar-refractivity contribution in [2.45, 2.75) is 44.3 Å². The van der Waals surface area contributed by atoms with Crippen LogP contribution in [0.4, 0.5) is 4.39 Å². The van der Waals surface area contributed by atoms with E-state index < -0.39 is 6.10 Å². The van der Waals surface area contributed by atoms with Crippen LogP contribution >= 0.6 is 0 Å². The van der Waals surface area contributed by atoms with E-state index in [1.807, 2.05) is 0 Å². The van der Waals surface area contributed by atoms with Gasteiger partial charge in [0.1, 0.15) is 17.2 Å². The van der Waals surface area contributed by atoms with Crippen LogP contribution in [0.2, 0.25) is 0 Å². The Bertz CT molecular complexity index is 493. The summed E-state index contributed by atoms with van der Waals surface area (Å²) in [6, 6.07) is 4.44. The first kappa shape index (κ1) is 13.8. The molecule has 110 valence electrons. The van der Waals surface area contributed by atoms with Crippen molar-refractivity contribution in [2.24, 2.45) is 0 Å². The van der Waals surface area contributed by atoms with E-state index in [1.165, 1.54) is 12.1 Å². The molecule has 1 N–H and O–H groups in total. The van der Waals surface area contributed by atoms with Crippen molar-refractivity contribution in [3.05, 3.63) is 29.6 Å². The number of ether oxygens (including phenoxy) is 1. The lowest BCUT2D eigenvalue weighted by Gasteiger charge is -2.40. The third kappa shape index (κ3) is 2.54. The fraction of sp³-hybridized carbons (Fsp3) is 0.625. The second-order valence-corrected chi connectivity index (χ2v) is 5.97. The van der Waals surface area contributed by atoms with Gasteiger partial charge in [0.15, 0.2) is 0 Å². The molecule has 0 radical (unpaired) electrons. The number of benzene rings is 1. The number of fused-ring (bicyclic) bond motifs is 1. The Balaban J connectivity index is 1.85. The maximum atomic E-state index is 13.3. The average Bonchev–Trinajstić information content (AvgIpc) is 2.62. The van der Waals surface area contributed by atoms with Crippen LogP contribution in [0, 0.1) is 5.82 Å². The lowest BCUT2D eigenvalue weighted by molar-refractivity contribution is -0.0240. The summed E-state index contributed by atoms with van der Waals surface area (Å²) >= 11 is 0. The van der Waals surface area contributed by atoms with E-state index in [9.17, 15) is 9.50 Å². The highest BCUT2D eigenvalue weighted by atomic mass is 19.1. The quantitative estimate of drug-likeness (QED) is 0.858. The number of hydrogen-bond donors (Lipinski definition) is 1. The second kappa shape index (κ2) is 5.34. The summed E-state index contributed by atoms with van der Waals surface area (Å²) in [5.41, 5.74) is 0.306. The zero-order valence-corrected chi connectivity index (χ0v) is 11.9. The molecule has 2 atom stereocenters. The number of nitrogens with zero attached hydrogens (tertiary/aromatic N) is 1. The fourth-order valence-electron chi connectivity index (χ4n) is 3.46. The lowest BCUT2D eigenvalue weighted by atomic mass is 9.83. The van der Waals surface area contributed by atoms with Crippen molar-refractivity contribution >= 4 is 0 Å². The number of hydrogen-bond acceptors (Lipinski definition) is 3. The van der Waals surface area contributed by atoms with Crippen LogP contribution in [0.3, 0.4) is 0 Å². The van der Waals surface area contributed by atoms with E-state index in [2.05, 4.69) is 11.8 Å². The molecule has 1 saturated heterocycles. The molecule has 2 aliphatic heterocycles. The highest BCUT2D eigenvalue weighted by Gasteiger charge is 2.41. The van der Waals surface area contributed by atoms with Gasteiger partial charge in [-0.1, -0.05) is 6.92 Å². The number of aliphatic hydroxyl groups is 1. The molecule has 0 amide bonds. The third-order valence-corrected chi connectivity index (χ3v) is 4.66. The number of likely N-dealkylation sites (tertiary alicyclic amines) is 1. The van der Waals surface area contributed by atoms with Crippen molar-refractivity contribution in [2.75, 3.05) is 19.6 Å². The minimum Gasteiger partial charge on any atom is -0.487 e. The van der Waals surface area contributed by atoms with E-state index in [0.717, 1.165) is 38.9 Å². The maximum Gasteiger partial charge on any atom is 0.126 e. The van der Waals surface area contributed by atoms with Crippen LogP contribution in [-0.2, 0) is 0 Å². The lowest BCUT2D eigenvalue weighted by Crippen LogP contribution is -2.42. The first-order valence-electron chi connectivity index (χ1n) is 7.51. The Kier molecular flexibility index (Phi) is 3.69. The van der Waals surface area contributed by atoms with Gasteiger partial charge < -0.3 is 14.7 Å². The fourth-order valence-corrected chi connectivity index (χ4v) is 3.46. The molecule has 1 aromatic carbocycles. The van der Waals surface area contributed by atoms with E-state index in [1.54, 1.807) is 6.07 Å². The van der Waals surface area contributed by atoms with Crippen LogP contribution in [-0.4, -0.2) is 35.2 Å². The van der Waals surface area contributed by atoms with Crippen LogP contribution in [0.15, 0.2) is 18.2 Å². The monoisotopic (exact) mass is 279 g/mol. The van der Waals surface area contributed by atoms with Crippen LogP contribution < -0.4 is 4.74 Å². The molecule has 0 aliphatic carbocycles. The summed E-state index contributed by atoms with van der Waals surface area (Å²) in [7, 11) is 0. The summed E-state index contributed by atoms with van der Waals surface area (Å²) in [4.78, 5) is 2.42. The van der Waals surface area contributed by atoms with Crippen molar-refractivity contribution < 1.29 is 14.2 Å². The molecule has 1 fully saturated rings. The van der Waals surface area contributed by atoms with Gasteiger partial charge in [-0.3, -0.25) is 0 Å². The Morgan fingerprint density at radius 1 is 1.40 bits per heavy atom. The zero-order chi connectivity index (χ0) is 14.2. The van der Waals surface area contributed by atoms with Crippen LogP contribution in [0.1, 0.15) is 44.3 Å². The SMILES string of the molecule is CCN1CCCC2(CC1)C[C@H](O)c1cc(F)ccc1O2. The number of rotatable bonds is 1. The summed E-state index contributed by atoms with van der Waals surface area (Å²) in [5.74, 6) is 0.329. The standard InChI is InChI=1S/C16H22FNO2/c1-2-18-8-3-6-16(7-9-18)11-14(19)13-10-12(17)4-5-15(13)20-16/h4-5,10,14,19H,2-3,6-9,11H2,1H3/t14-,16?/m0/s1. The van der Waals surface area contributed by atoms with E-state index in [4.69, 9.17) is 4.74 Å². The van der Waals surface area contributed by atoms with Gasteiger partial charge in [-0.25, -0.2) is 4.39 Å². The smallest absolute Gasteiger partial charge is 0.126 e. The summed E-state index contributed by atoms with van der Waals surface area (Å²) in [6.45, 7) is 5.32. The minimum absolute atomic E-state index is 0.284. The molecule has 3 rings (SSSR count). The molecule has 3 nitrogen and oxygen atoms in total. The second-order valence-electron chi connectivity index (χ2n) is 5.97. The Labute approximate surface area is 119 Å². The van der Waals surface area contributed by atoms with E-state index in [-0.39, 0.29) is 11.4 Å². The summed E-state index contributed by atoms with van der Waals surface area (Å²) in [5, 5.41) is 10.4. The Morgan fingerprint density at radius 3 is 3.05 bits per heavy atom. The third-order valence-electron chi connectivity index (χ3n) is 4.66. The van der Waals surface area contributed by atoms with Gasteiger partial charge in [-0.2, -0.15) is 0 Å². The number of halogens is 1. The molecule has 1 spiro atoms. The van der Waals surface area contributed by atoms with E-state index >= 15 is 0 Å². The molecule has 20 heavy (non-hydrogen) atoms. The topological polar surface area (TPSA) is 32.7 Å². The molecule has 2 heterocycles. The first-order valence-corrected chi connectivity index (χ1v) is 7.51. The highest BCUT2D eigenvalue weighted by Crippen LogP contribution is 2.44. The van der Waals surface area contributed by atoms with Gasteiger partial charge in [-0.05, 0) is 50.6 Å². The van der Waals surface area contributed by atoms with Crippen molar-refractivity contribution in [1.29, 1.82) is 0 Å². The Hall–Kier alpha value is -1.13. The molecule has 0 bridgehead atoms. The van der Waals surface area contributed by atoms with Gasteiger partial charge in [0.05, 0.1) is 6.10 Å². The van der Waals surface area contributed by atoms with Gasteiger partial charge in [-0.15, -0.1) is 0 Å². The first-order chi connectivity index (χ1) is 9.62. The zero-order valence-electron chi connectivity index (χ0n) is 11.9. The highest BCUT2D eigenvalue weighted by molar-refractivity contribution is 5.38. The van der Waals surface area contributed by atoms with Gasteiger partial charge >= 0.3 is 0 Å². The van der Waals surface area contributed by atoms with Crippen molar-refractivity contribution in [1.82, 2.24) is 4.90 Å². The predicted octanol–water partition coefficient (Wildman–Crippen LogP) is 2.89. The van der Waals surface area contributed by atoms with Gasteiger partial charge in [0, 0.05) is 18.5 Å².